The van der Waals surface area contributed by atoms with E-state index in [0.717, 1.165) is 44.9 Å². The van der Waals surface area contributed by atoms with Crippen molar-refractivity contribution in [1.29, 1.82) is 0 Å². The van der Waals surface area contributed by atoms with Crippen LogP contribution >= 0.6 is 0 Å². The standard InChI is InChI=1S/C18H30O3/c1-14-5-10-17(11-6-14,16(19)20)13-15-7-12-18(21-15)8-3-2-4-9-18/h14-15H,2-13H2,1H3,(H,19,20). The highest BCUT2D eigenvalue weighted by atomic mass is 16.5. The van der Waals surface area contributed by atoms with Crippen molar-refractivity contribution in [3.05, 3.63) is 0 Å². The third-order valence-corrected chi connectivity index (χ3v) is 6.41. The average molecular weight is 294 g/mol. The molecule has 0 amide bonds. The van der Waals surface area contributed by atoms with Crippen molar-refractivity contribution in [3.63, 3.8) is 0 Å². The maximum atomic E-state index is 11.9. The normalized spacial score (nSPS) is 39.5. The fraction of sp³-hybridized carbons (Fsp3) is 0.944. The molecule has 1 unspecified atom stereocenters. The van der Waals surface area contributed by atoms with Crippen LogP contribution in [0, 0.1) is 11.3 Å². The number of hydrogen-bond acceptors (Lipinski definition) is 2. The number of carboxylic acid groups (broad SMARTS) is 1. The first-order valence-electron chi connectivity index (χ1n) is 8.95. The molecular weight excluding hydrogens is 264 g/mol. The van der Waals surface area contributed by atoms with Crippen LogP contribution < -0.4 is 0 Å². The third kappa shape index (κ3) is 3.13. The molecule has 3 fully saturated rings. The summed E-state index contributed by atoms with van der Waals surface area (Å²) in [5.41, 5.74) is -0.387. The van der Waals surface area contributed by atoms with Gasteiger partial charge in [-0.25, -0.2) is 0 Å². The van der Waals surface area contributed by atoms with Crippen LogP contribution in [0.1, 0.15) is 84.0 Å². The van der Waals surface area contributed by atoms with Gasteiger partial charge in [0, 0.05) is 0 Å². The van der Waals surface area contributed by atoms with E-state index >= 15 is 0 Å². The molecule has 0 aromatic carbocycles. The Morgan fingerprint density at radius 3 is 2.33 bits per heavy atom. The Hall–Kier alpha value is -0.570. The molecule has 1 N–H and O–H groups in total. The van der Waals surface area contributed by atoms with Crippen LogP contribution in [0.25, 0.3) is 0 Å². The van der Waals surface area contributed by atoms with Crippen LogP contribution in [-0.2, 0) is 9.53 Å². The van der Waals surface area contributed by atoms with Crippen LogP contribution in [0.2, 0.25) is 0 Å². The lowest BCUT2D eigenvalue weighted by molar-refractivity contribution is -0.156. The highest BCUT2D eigenvalue weighted by Crippen LogP contribution is 2.48. The molecule has 120 valence electrons. The molecule has 1 spiro atoms. The van der Waals surface area contributed by atoms with Crippen LogP contribution in [0.4, 0.5) is 0 Å². The lowest BCUT2D eigenvalue weighted by atomic mass is 9.68. The molecule has 1 atom stereocenters. The SMILES string of the molecule is CC1CCC(CC2CCC3(CCCCC3)O2)(C(=O)O)CC1. The van der Waals surface area contributed by atoms with Gasteiger partial charge in [0.15, 0.2) is 0 Å². The second kappa shape index (κ2) is 5.91. The summed E-state index contributed by atoms with van der Waals surface area (Å²) in [6, 6.07) is 0. The number of rotatable bonds is 3. The fourth-order valence-corrected chi connectivity index (χ4v) is 4.86. The van der Waals surface area contributed by atoms with E-state index in [1.165, 1.54) is 32.1 Å². The zero-order chi connectivity index (χ0) is 14.9. The Morgan fingerprint density at radius 1 is 1.05 bits per heavy atom. The zero-order valence-electron chi connectivity index (χ0n) is 13.4. The van der Waals surface area contributed by atoms with Crippen molar-refractivity contribution in [1.82, 2.24) is 0 Å². The first-order chi connectivity index (χ1) is 10.0. The summed E-state index contributed by atoms with van der Waals surface area (Å²) in [6.45, 7) is 2.24. The third-order valence-electron chi connectivity index (χ3n) is 6.41. The predicted molar refractivity (Wildman–Crippen MR) is 82.2 cm³/mol. The molecule has 0 aromatic heterocycles. The van der Waals surface area contributed by atoms with Gasteiger partial charge in [-0.05, 0) is 63.7 Å². The smallest absolute Gasteiger partial charge is 0.309 e. The Morgan fingerprint density at radius 2 is 1.71 bits per heavy atom. The van der Waals surface area contributed by atoms with E-state index in [9.17, 15) is 9.90 Å². The summed E-state index contributed by atoms with van der Waals surface area (Å²) in [5, 5.41) is 9.78. The minimum absolute atomic E-state index is 0.116. The molecule has 1 heterocycles. The molecular formula is C18H30O3. The van der Waals surface area contributed by atoms with Crippen LogP contribution in [0.3, 0.4) is 0 Å². The fourth-order valence-electron chi connectivity index (χ4n) is 4.86. The Kier molecular flexibility index (Phi) is 4.31. The molecule has 0 aromatic rings. The van der Waals surface area contributed by atoms with Crippen molar-refractivity contribution in [2.75, 3.05) is 0 Å². The number of carbonyl (C=O) groups is 1. The number of ether oxygens (including phenoxy) is 1. The maximum Gasteiger partial charge on any atom is 0.309 e. The zero-order valence-corrected chi connectivity index (χ0v) is 13.4. The van der Waals surface area contributed by atoms with Crippen LogP contribution in [0.5, 0.6) is 0 Å². The molecule has 21 heavy (non-hydrogen) atoms. The van der Waals surface area contributed by atoms with Gasteiger partial charge in [-0.2, -0.15) is 0 Å². The van der Waals surface area contributed by atoms with Crippen LogP contribution in [0.15, 0.2) is 0 Å². The Balaban J connectivity index is 1.63. The van der Waals surface area contributed by atoms with E-state index in [2.05, 4.69) is 6.92 Å². The molecule has 1 saturated heterocycles. The lowest BCUT2D eigenvalue weighted by Gasteiger charge is -2.38. The van der Waals surface area contributed by atoms with Crippen molar-refractivity contribution >= 4 is 5.97 Å². The number of hydrogen-bond donors (Lipinski definition) is 1. The molecule has 2 aliphatic carbocycles. The van der Waals surface area contributed by atoms with Crippen molar-refractivity contribution in [2.24, 2.45) is 11.3 Å². The van der Waals surface area contributed by atoms with Gasteiger partial charge in [0.1, 0.15) is 0 Å². The monoisotopic (exact) mass is 294 g/mol. The molecule has 0 bridgehead atoms. The maximum absolute atomic E-state index is 11.9. The summed E-state index contributed by atoms with van der Waals surface area (Å²) < 4.78 is 6.43. The average Bonchev–Trinajstić information content (AvgIpc) is 2.84. The quantitative estimate of drug-likeness (QED) is 0.831. The first-order valence-corrected chi connectivity index (χ1v) is 8.95. The lowest BCUT2D eigenvalue weighted by Crippen LogP contribution is -2.39. The second-order valence-corrected chi connectivity index (χ2v) is 7.99. The molecule has 1 aliphatic heterocycles. The van der Waals surface area contributed by atoms with Gasteiger partial charge < -0.3 is 9.84 Å². The number of carboxylic acids is 1. The van der Waals surface area contributed by atoms with Gasteiger partial charge in [-0.15, -0.1) is 0 Å². The van der Waals surface area contributed by atoms with E-state index < -0.39 is 11.4 Å². The molecule has 0 radical (unpaired) electrons. The summed E-state index contributed by atoms with van der Waals surface area (Å²) in [7, 11) is 0. The minimum atomic E-state index is -0.581. The van der Waals surface area contributed by atoms with Crippen molar-refractivity contribution in [3.8, 4) is 0 Å². The van der Waals surface area contributed by atoms with E-state index in [1.54, 1.807) is 0 Å². The largest absolute Gasteiger partial charge is 0.481 e. The van der Waals surface area contributed by atoms with Gasteiger partial charge in [0.05, 0.1) is 17.1 Å². The molecule has 3 rings (SSSR count). The second-order valence-electron chi connectivity index (χ2n) is 7.99. The van der Waals surface area contributed by atoms with Gasteiger partial charge in [0.2, 0.25) is 0 Å². The molecule has 3 heteroatoms. The van der Waals surface area contributed by atoms with Gasteiger partial charge in [0.25, 0.3) is 0 Å². The predicted octanol–water partition coefficient (Wildman–Crippen LogP) is 4.54. The van der Waals surface area contributed by atoms with E-state index in [-0.39, 0.29) is 11.7 Å². The van der Waals surface area contributed by atoms with Crippen LogP contribution in [-0.4, -0.2) is 22.8 Å². The van der Waals surface area contributed by atoms with E-state index in [4.69, 9.17) is 4.74 Å². The van der Waals surface area contributed by atoms with Gasteiger partial charge >= 0.3 is 5.97 Å². The highest BCUT2D eigenvalue weighted by molar-refractivity contribution is 5.74. The summed E-state index contributed by atoms with van der Waals surface area (Å²) in [6.07, 6.45) is 13.3. The topological polar surface area (TPSA) is 46.5 Å². The van der Waals surface area contributed by atoms with Crippen molar-refractivity contribution < 1.29 is 14.6 Å². The first kappa shape index (κ1) is 15.3. The van der Waals surface area contributed by atoms with E-state index in [1.807, 2.05) is 0 Å². The van der Waals surface area contributed by atoms with Gasteiger partial charge in [-0.1, -0.05) is 26.2 Å². The van der Waals surface area contributed by atoms with E-state index in [0.29, 0.717) is 5.92 Å². The summed E-state index contributed by atoms with van der Waals surface area (Å²) in [4.78, 5) is 11.9. The Bertz CT molecular complexity index is 376. The minimum Gasteiger partial charge on any atom is -0.481 e. The molecule has 3 nitrogen and oxygen atoms in total. The summed E-state index contributed by atoms with van der Waals surface area (Å²) >= 11 is 0. The Labute approximate surface area is 128 Å². The molecule has 2 saturated carbocycles. The number of aliphatic carboxylic acids is 1. The van der Waals surface area contributed by atoms with Crippen molar-refractivity contribution in [2.45, 2.75) is 95.7 Å². The van der Waals surface area contributed by atoms with Gasteiger partial charge in [-0.3, -0.25) is 4.79 Å². The molecule has 3 aliphatic rings. The highest BCUT2D eigenvalue weighted by Gasteiger charge is 2.47. The summed E-state index contributed by atoms with van der Waals surface area (Å²) in [5.74, 6) is 0.106.